The maximum atomic E-state index is 13.8. The Morgan fingerprint density at radius 3 is 2.22 bits per heavy atom. The minimum absolute atomic E-state index is 0. The molecule has 3 aromatic carbocycles. The number of carbonyl (C=O) groups is 3. The lowest BCUT2D eigenvalue weighted by Gasteiger charge is -2.46. The highest BCUT2D eigenvalue weighted by Crippen LogP contribution is 2.48. The molecule has 9 nitrogen and oxygen atoms in total. The molecule has 0 bridgehead atoms. The van der Waals surface area contributed by atoms with Crippen LogP contribution in [0.25, 0.3) is 0 Å². The molecule has 1 N–H and O–H groups in total. The summed E-state index contributed by atoms with van der Waals surface area (Å²) in [5.74, 6) is -2.17. The van der Waals surface area contributed by atoms with E-state index in [2.05, 4.69) is 17.0 Å². The summed E-state index contributed by atoms with van der Waals surface area (Å²) < 4.78 is 95.0. The van der Waals surface area contributed by atoms with Crippen molar-refractivity contribution in [2.24, 2.45) is 0 Å². The number of likely N-dealkylation sites (tertiary alicyclic amines) is 1. The Morgan fingerprint density at radius 2 is 1.59 bits per heavy atom. The molecule has 0 unspecified atom stereocenters. The Balaban J connectivity index is 0.00000661. The SMILES string of the molecule is CN(CCCC(=O)O)C(=O)CO[C@H]1Cc2ccccc2C12CCN(CC[C@]1(c3ccc(Cl)c(Cl)c3)CN(C(=O)c3cc(C(F)(F)F)cc(C(F)(F)F)c3)CCO1)CC2.Cl. The number of ether oxygens (including phenoxy) is 2. The third-order valence-electron chi connectivity index (χ3n) is 11.6. The zero-order chi connectivity index (χ0) is 42.0. The number of aliphatic carboxylic acids is 1. The first-order chi connectivity index (χ1) is 27.3. The van der Waals surface area contributed by atoms with Gasteiger partial charge in [-0.1, -0.05) is 53.5 Å². The fourth-order valence-corrected chi connectivity index (χ4v) is 8.72. The van der Waals surface area contributed by atoms with Gasteiger partial charge >= 0.3 is 18.3 Å². The number of carboxylic acids is 1. The summed E-state index contributed by atoms with van der Waals surface area (Å²) in [5, 5.41) is 9.41. The van der Waals surface area contributed by atoms with Gasteiger partial charge in [-0.25, -0.2) is 0 Å². The van der Waals surface area contributed by atoms with E-state index in [1.165, 1.54) is 15.4 Å². The van der Waals surface area contributed by atoms with Gasteiger partial charge in [0.05, 0.1) is 40.4 Å². The second-order valence-corrected chi connectivity index (χ2v) is 16.0. The monoisotopic (exact) mass is 893 g/mol. The van der Waals surface area contributed by atoms with Crippen LogP contribution in [0.1, 0.15) is 70.3 Å². The van der Waals surface area contributed by atoms with Crippen molar-refractivity contribution in [2.75, 3.05) is 59.5 Å². The van der Waals surface area contributed by atoms with Crippen LogP contribution in [-0.2, 0) is 48.9 Å². The Bertz CT molecular complexity index is 1980. The summed E-state index contributed by atoms with van der Waals surface area (Å²) in [7, 11) is 1.62. The maximum Gasteiger partial charge on any atom is 0.416 e. The van der Waals surface area contributed by atoms with Gasteiger partial charge in [-0.15, -0.1) is 12.4 Å². The van der Waals surface area contributed by atoms with Crippen molar-refractivity contribution >= 4 is 53.4 Å². The quantitative estimate of drug-likeness (QED) is 0.182. The molecule has 3 aromatic rings. The number of piperidine rings is 1. The van der Waals surface area contributed by atoms with Gasteiger partial charge in [0.25, 0.3) is 5.91 Å². The summed E-state index contributed by atoms with van der Waals surface area (Å²) in [4.78, 5) is 42.6. The van der Waals surface area contributed by atoms with E-state index >= 15 is 0 Å². The first-order valence-corrected chi connectivity index (χ1v) is 19.6. The van der Waals surface area contributed by atoms with Gasteiger partial charge in [0, 0.05) is 44.1 Å². The number of benzene rings is 3. The number of carboxylic acid groups (broad SMARTS) is 1. The van der Waals surface area contributed by atoms with Crippen LogP contribution in [0.15, 0.2) is 60.7 Å². The molecule has 3 aliphatic rings. The molecule has 59 heavy (non-hydrogen) atoms. The van der Waals surface area contributed by atoms with Crippen molar-refractivity contribution in [3.63, 3.8) is 0 Å². The Labute approximate surface area is 353 Å². The number of fused-ring (bicyclic) bond motifs is 2. The summed E-state index contributed by atoms with van der Waals surface area (Å²) in [6.45, 7) is 1.54. The second-order valence-electron chi connectivity index (χ2n) is 15.2. The van der Waals surface area contributed by atoms with Crippen LogP contribution < -0.4 is 0 Å². The summed E-state index contributed by atoms with van der Waals surface area (Å²) >= 11 is 12.7. The number of rotatable bonds is 12. The largest absolute Gasteiger partial charge is 0.481 e. The van der Waals surface area contributed by atoms with E-state index in [-0.39, 0.29) is 85.1 Å². The first-order valence-electron chi connectivity index (χ1n) is 18.9. The highest BCUT2D eigenvalue weighted by molar-refractivity contribution is 6.42. The number of carbonyl (C=O) groups excluding carboxylic acids is 2. The van der Waals surface area contributed by atoms with Crippen molar-refractivity contribution < 1.29 is 55.3 Å². The van der Waals surface area contributed by atoms with Gasteiger partial charge < -0.3 is 29.3 Å². The minimum Gasteiger partial charge on any atom is -0.481 e. The molecule has 2 heterocycles. The minimum atomic E-state index is -5.12. The molecule has 2 amide bonds. The number of halogens is 9. The molecule has 18 heteroatoms. The lowest BCUT2D eigenvalue weighted by atomic mass is 9.72. The average Bonchev–Trinajstić information content (AvgIpc) is 3.48. The predicted molar refractivity (Wildman–Crippen MR) is 210 cm³/mol. The molecule has 2 fully saturated rings. The molecular formula is C41H44Cl3F6N3O6. The average molecular weight is 895 g/mol. The van der Waals surface area contributed by atoms with Gasteiger partial charge in [0.15, 0.2) is 0 Å². The van der Waals surface area contributed by atoms with E-state index < -0.39 is 46.5 Å². The van der Waals surface area contributed by atoms with Crippen molar-refractivity contribution in [3.05, 3.63) is 104 Å². The zero-order valence-corrected chi connectivity index (χ0v) is 34.3. The summed E-state index contributed by atoms with van der Waals surface area (Å²) in [6, 6.07) is 13.8. The second kappa shape index (κ2) is 18.6. The highest BCUT2D eigenvalue weighted by atomic mass is 35.5. The number of hydrogen-bond acceptors (Lipinski definition) is 6. The molecule has 2 aliphatic heterocycles. The van der Waals surface area contributed by atoms with Gasteiger partial charge in [-0.2, -0.15) is 26.3 Å². The van der Waals surface area contributed by atoms with Crippen molar-refractivity contribution in [1.82, 2.24) is 14.7 Å². The third-order valence-corrected chi connectivity index (χ3v) is 12.4. The van der Waals surface area contributed by atoms with Gasteiger partial charge in [0.1, 0.15) is 12.2 Å². The highest BCUT2D eigenvalue weighted by Gasteiger charge is 2.50. The fourth-order valence-electron chi connectivity index (χ4n) is 8.42. The predicted octanol–water partition coefficient (Wildman–Crippen LogP) is 8.51. The van der Waals surface area contributed by atoms with E-state index in [1.807, 2.05) is 12.1 Å². The third kappa shape index (κ3) is 10.5. The van der Waals surface area contributed by atoms with E-state index in [0.717, 1.165) is 5.56 Å². The van der Waals surface area contributed by atoms with Crippen LogP contribution in [0, 0.1) is 0 Å². The Hall–Kier alpha value is -3.60. The van der Waals surface area contributed by atoms with Crippen molar-refractivity contribution in [2.45, 2.75) is 68.0 Å². The number of alkyl halides is 6. The summed E-state index contributed by atoms with van der Waals surface area (Å²) in [5.41, 5.74) is -2.66. The molecule has 0 saturated carbocycles. The smallest absolute Gasteiger partial charge is 0.416 e. The molecule has 2 atom stereocenters. The topological polar surface area (TPSA) is 99.6 Å². The number of hydrogen-bond donors (Lipinski definition) is 1. The Kier molecular flexibility index (Phi) is 14.6. The molecule has 322 valence electrons. The number of nitrogens with zero attached hydrogens (tertiary/aromatic N) is 3. The van der Waals surface area contributed by atoms with Crippen molar-refractivity contribution in [1.29, 1.82) is 0 Å². The zero-order valence-electron chi connectivity index (χ0n) is 32.0. The molecule has 0 aromatic heterocycles. The number of likely N-dealkylation sites (N-methyl/N-ethyl adjacent to an activating group) is 1. The number of amides is 2. The lowest BCUT2D eigenvalue weighted by Crippen LogP contribution is -2.54. The standard InChI is InChI=1S/C41H43Cl2F6N3O6.ClH/c1-50(13-4-7-36(54)55)35(53)24-57-34-21-26-5-2-3-6-31(26)38(34)10-14-51(15-11-38)16-12-39(28-8-9-32(42)33(43)23-28)25-52(17-18-58-39)37(56)27-19-29(40(44,45)46)22-30(20-27)41(47,48)49;/h2-3,5-6,8-9,19-20,22-23,34H,4,7,10-18,21,24-25H2,1H3,(H,54,55);1H/t34-,39+;/m0./s1. The normalized spacial score (nSPS) is 20.6. The van der Waals surface area contributed by atoms with Crippen LogP contribution >= 0.6 is 35.6 Å². The van der Waals surface area contributed by atoms with Gasteiger partial charge in [0.2, 0.25) is 5.91 Å². The summed E-state index contributed by atoms with van der Waals surface area (Å²) in [6.07, 6.45) is -7.93. The van der Waals surface area contributed by atoms with E-state index in [1.54, 1.807) is 25.2 Å². The molecule has 1 aliphatic carbocycles. The molecule has 0 radical (unpaired) electrons. The van der Waals surface area contributed by atoms with Crippen LogP contribution in [0.5, 0.6) is 0 Å². The lowest BCUT2D eigenvalue weighted by molar-refractivity contribution is -0.143. The van der Waals surface area contributed by atoms with Crippen LogP contribution in [0.4, 0.5) is 26.3 Å². The van der Waals surface area contributed by atoms with E-state index in [4.69, 9.17) is 37.8 Å². The van der Waals surface area contributed by atoms with Crippen LogP contribution in [-0.4, -0.2) is 103 Å². The van der Waals surface area contributed by atoms with Gasteiger partial charge in [-0.3, -0.25) is 14.4 Å². The van der Waals surface area contributed by atoms with Crippen molar-refractivity contribution in [3.8, 4) is 0 Å². The Morgan fingerprint density at radius 1 is 0.932 bits per heavy atom. The molecular weight excluding hydrogens is 851 g/mol. The van der Waals surface area contributed by atoms with Gasteiger partial charge in [-0.05, 0) is 92.2 Å². The molecule has 1 spiro atoms. The molecule has 6 rings (SSSR count). The number of morpholine rings is 1. The fraction of sp³-hybridized carbons (Fsp3) is 0.488. The maximum absolute atomic E-state index is 13.8. The van der Waals surface area contributed by atoms with Crippen LogP contribution in [0.3, 0.4) is 0 Å². The molecule has 2 saturated heterocycles. The first kappa shape index (κ1) is 46.5. The van der Waals surface area contributed by atoms with E-state index in [9.17, 15) is 40.7 Å². The van der Waals surface area contributed by atoms with Crippen LogP contribution in [0.2, 0.25) is 10.0 Å². The van der Waals surface area contributed by atoms with E-state index in [0.29, 0.717) is 69.6 Å².